The van der Waals surface area contributed by atoms with Crippen molar-refractivity contribution >= 4 is 5.82 Å². The van der Waals surface area contributed by atoms with Crippen LogP contribution < -0.4 is 19.5 Å². The molecule has 0 aliphatic carbocycles. The Morgan fingerprint density at radius 1 is 1.14 bits per heavy atom. The van der Waals surface area contributed by atoms with Crippen molar-refractivity contribution < 1.29 is 19.3 Å². The molecule has 0 fully saturated rings. The van der Waals surface area contributed by atoms with Gasteiger partial charge in [-0.1, -0.05) is 19.1 Å². The van der Waals surface area contributed by atoms with Gasteiger partial charge in [-0.3, -0.25) is 0 Å². The molecule has 0 amide bonds. The first-order valence-electron chi connectivity index (χ1n) is 9.64. The third-order valence-corrected chi connectivity index (χ3v) is 5.02. The number of aromatic hydroxyl groups is 1. The molecule has 2 heterocycles. The summed E-state index contributed by atoms with van der Waals surface area (Å²) in [7, 11) is 1.57. The van der Waals surface area contributed by atoms with Crippen LogP contribution in [0.2, 0.25) is 0 Å². The molecule has 3 aromatic rings. The molecule has 2 N–H and O–H groups in total. The second-order valence-corrected chi connectivity index (χ2v) is 7.00. The van der Waals surface area contributed by atoms with Crippen molar-refractivity contribution in [1.82, 2.24) is 4.98 Å². The van der Waals surface area contributed by atoms with E-state index in [9.17, 15) is 5.11 Å². The minimum atomic E-state index is 0.112. The molecule has 0 saturated heterocycles. The average molecular weight is 392 g/mol. The van der Waals surface area contributed by atoms with Crippen molar-refractivity contribution in [2.45, 2.75) is 26.3 Å². The van der Waals surface area contributed by atoms with Gasteiger partial charge in [0.15, 0.2) is 11.5 Å². The zero-order chi connectivity index (χ0) is 20.4. The summed E-state index contributed by atoms with van der Waals surface area (Å²) in [6.07, 6.45) is 0.965. The number of hydrogen-bond donors (Lipinski definition) is 2. The van der Waals surface area contributed by atoms with Crippen LogP contribution in [0.4, 0.5) is 5.82 Å². The number of aromatic nitrogens is 1. The van der Waals surface area contributed by atoms with Crippen LogP contribution in [-0.2, 0) is 0 Å². The minimum absolute atomic E-state index is 0.112. The van der Waals surface area contributed by atoms with Crippen molar-refractivity contribution in [3.05, 3.63) is 48.5 Å². The summed E-state index contributed by atoms with van der Waals surface area (Å²) >= 11 is 0. The summed E-state index contributed by atoms with van der Waals surface area (Å²) in [5.41, 5.74) is 3.14. The summed E-state index contributed by atoms with van der Waals surface area (Å²) in [5, 5.41) is 14.0. The van der Waals surface area contributed by atoms with Gasteiger partial charge < -0.3 is 24.6 Å². The lowest BCUT2D eigenvalue weighted by atomic mass is 10.0. The summed E-state index contributed by atoms with van der Waals surface area (Å²) < 4.78 is 16.4. The van der Waals surface area contributed by atoms with Gasteiger partial charge in [0.2, 0.25) is 6.79 Å². The Morgan fingerprint density at radius 2 is 2.00 bits per heavy atom. The van der Waals surface area contributed by atoms with E-state index in [1.54, 1.807) is 13.2 Å². The molecule has 1 aliphatic rings. The summed E-state index contributed by atoms with van der Waals surface area (Å²) in [5.74, 6) is 2.88. The van der Waals surface area contributed by atoms with Gasteiger partial charge in [-0.15, -0.1) is 0 Å². The number of nitrogens with one attached hydrogen (secondary N) is 1. The number of hydrogen-bond acceptors (Lipinski definition) is 6. The van der Waals surface area contributed by atoms with Gasteiger partial charge in [-0.25, -0.2) is 4.98 Å². The zero-order valence-corrected chi connectivity index (χ0v) is 16.7. The van der Waals surface area contributed by atoms with Crippen molar-refractivity contribution in [3.8, 4) is 45.4 Å². The largest absolute Gasteiger partial charge is 0.507 e. The highest BCUT2D eigenvalue weighted by molar-refractivity contribution is 5.81. The van der Waals surface area contributed by atoms with Crippen LogP contribution in [0.5, 0.6) is 23.0 Å². The second kappa shape index (κ2) is 7.91. The number of benzene rings is 2. The van der Waals surface area contributed by atoms with E-state index < -0.39 is 0 Å². The molecule has 0 spiro atoms. The summed E-state index contributed by atoms with van der Waals surface area (Å²) in [6, 6.07) is 15.2. The molecule has 4 rings (SSSR count). The monoisotopic (exact) mass is 392 g/mol. The molecule has 1 atom stereocenters. The van der Waals surface area contributed by atoms with Gasteiger partial charge in [0.25, 0.3) is 0 Å². The van der Waals surface area contributed by atoms with E-state index >= 15 is 0 Å². The first-order chi connectivity index (χ1) is 14.1. The van der Waals surface area contributed by atoms with Gasteiger partial charge in [-0.05, 0) is 49.2 Å². The number of methoxy groups -OCH3 is 1. The number of pyridine rings is 1. The normalized spacial score (nSPS) is 13.2. The highest BCUT2D eigenvalue weighted by atomic mass is 16.7. The highest BCUT2D eigenvalue weighted by Crippen LogP contribution is 2.43. The fourth-order valence-corrected chi connectivity index (χ4v) is 3.27. The van der Waals surface area contributed by atoms with Crippen molar-refractivity contribution in [2.75, 3.05) is 19.2 Å². The molecule has 29 heavy (non-hydrogen) atoms. The lowest BCUT2D eigenvalue weighted by Crippen LogP contribution is -2.14. The Kier molecular flexibility index (Phi) is 5.16. The van der Waals surface area contributed by atoms with E-state index in [0.717, 1.165) is 34.9 Å². The molecule has 150 valence electrons. The third-order valence-electron chi connectivity index (χ3n) is 5.02. The molecule has 6 nitrogen and oxygen atoms in total. The quantitative estimate of drug-likeness (QED) is 0.610. The van der Waals surface area contributed by atoms with E-state index in [1.807, 2.05) is 42.5 Å². The standard InChI is InChI=1S/C23H24N2O4/c1-4-14(2)24-22-11-15(17-6-5-7-21-23(17)29-13-28-21)10-19(25-22)18-9-8-16(27-3)12-20(18)26/h5-12,14,26H,4,13H2,1-3H3,(H,24,25). The van der Waals surface area contributed by atoms with Crippen LogP contribution in [0.15, 0.2) is 48.5 Å². The Bertz CT molecular complexity index is 1040. The molecule has 0 bridgehead atoms. The average Bonchev–Trinajstić information content (AvgIpc) is 3.22. The third kappa shape index (κ3) is 3.78. The van der Waals surface area contributed by atoms with Crippen LogP contribution in [0.1, 0.15) is 20.3 Å². The molecule has 0 saturated carbocycles. The van der Waals surface area contributed by atoms with Crippen molar-refractivity contribution in [2.24, 2.45) is 0 Å². The number of phenolic OH excluding ortho intramolecular Hbond substituents is 1. The van der Waals surface area contributed by atoms with Crippen LogP contribution in [0.3, 0.4) is 0 Å². The number of anilines is 1. The molecule has 2 aromatic carbocycles. The van der Waals surface area contributed by atoms with E-state index in [1.165, 1.54) is 0 Å². The highest BCUT2D eigenvalue weighted by Gasteiger charge is 2.20. The molecule has 6 heteroatoms. The SMILES string of the molecule is CCC(C)Nc1cc(-c2cccc3c2OCO3)cc(-c2ccc(OC)cc2O)n1. The van der Waals surface area contributed by atoms with Gasteiger partial charge in [-0.2, -0.15) is 0 Å². The second-order valence-electron chi connectivity index (χ2n) is 7.00. The lowest BCUT2D eigenvalue weighted by molar-refractivity contribution is 0.174. The Labute approximate surface area is 170 Å². The maximum atomic E-state index is 10.5. The zero-order valence-electron chi connectivity index (χ0n) is 16.7. The smallest absolute Gasteiger partial charge is 0.231 e. The van der Waals surface area contributed by atoms with Crippen LogP contribution in [-0.4, -0.2) is 30.0 Å². The van der Waals surface area contributed by atoms with E-state index in [0.29, 0.717) is 17.0 Å². The number of nitrogens with zero attached hydrogens (tertiary/aromatic N) is 1. The molecule has 1 unspecified atom stereocenters. The van der Waals surface area contributed by atoms with E-state index in [2.05, 4.69) is 19.2 Å². The Hall–Kier alpha value is -3.41. The van der Waals surface area contributed by atoms with Crippen LogP contribution >= 0.6 is 0 Å². The fraction of sp³-hybridized carbons (Fsp3) is 0.261. The van der Waals surface area contributed by atoms with Gasteiger partial charge in [0.05, 0.1) is 12.8 Å². The molecular weight excluding hydrogens is 368 g/mol. The first-order valence-corrected chi connectivity index (χ1v) is 9.64. The minimum Gasteiger partial charge on any atom is -0.507 e. The molecular formula is C23H24N2O4. The summed E-state index contributed by atoms with van der Waals surface area (Å²) in [6.45, 7) is 4.44. The first kappa shape index (κ1) is 18.9. The maximum Gasteiger partial charge on any atom is 0.231 e. The predicted molar refractivity (Wildman–Crippen MR) is 113 cm³/mol. The summed E-state index contributed by atoms with van der Waals surface area (Å²) in [4.78, 5) is 4.74. The van der Waals surface area contributed by atoms with E-state index in [-0.39, 0.29) is 18.6 Å². The number of phenols is 1. The van der Waals surface area contributed by atoms with Crippen molar-refractivity contribution in [3.63, 3.8) is 0 Å². The van der Waals surface area contributed by atoms with Crippen LogP contribution in [0, 0.1) is 0 Å². The fourth-order valence-electron chi connectivity index (χ4n) is 3.27. The number of ether oxygens (including phenoxy) is 3. The predicted octanol–water partition coefficient (Wildman–Crippen LogP) is 5.07. The Balaban J connectivity index is 1.85. The number of para-hydroxylation sites is 1. The van der Waals surface area contributed by atoms with Gasteiger partial charge in [0.1, 0.15) is 17.3 Å². The lowest BCUT2D eigenvalue weighted by Gasteiger charge is -2.16. The molecule has 1 aromatic heterocycles. The maximum absolute atomic E-state index is 10.5. The van der Waals surface area contributed by atoms with Gasteiger partial charge >= 0.3 is 0 Å². The van der Waals surface area contributed by atoms with Gasteiger partial charge in [0, 0.05) is 23.2 Å². The molecule has 1 aliphatic heterocycles. The topological polar surface area (TPSA) is 72.8 Å². The van der Waals surface area contributed by atoms with E-state index in [4.69, 9.17) is 19.2 Å². The Morgan fingerprint density at radius 3 is 2.76 bits per heavy atom. The van der Waals surface area contributed by atoms with Crippen molar-refractivity contribution in [1.29, 1.82) is 0 Å². The number of rotatable bonds is 6. The molecule has 0 radical (unpaired) electrons. The van der Waals surface area contributed by atoms with Crippen LogP contribution in [0.25, 0.3) is 22.4 Å². The number of fused-ring (bicyclic) bond motifs is 1.